The third-order valence-corrected chi connectivity index (χ3v) is 4.73. The van der Waals surface area contributed by atoms with Gasteiger partial charge in [-0.25, -0.2) is 9.50 Å². The summed E-state index contributed by atoms with van der Waals surface area (Å²) in [5.74, 6) is 0.774. The van der Waals surface area contributed by atoms with Gasteiger partial charge in [0.2, 0.25) is 0 Å². The minimum absolute atomic E-state index is 0.0186. The number of ether oxygens (including phenoxy) is 1. The van der Waals surface area contributed by atoms with Crippen molar-refractivity contribution < 1.29 is 17.9 Å². The number of aromatic nitrogens is 3. The van der Waals surface area contributed by atoms with Crippen LogP contribution in [0.5, 0.6) is 0 Å². The van der Waals surface area contributed by atoms with Crippen molar-refractivity contribution >= 4 is 17.0 Å². The fourth-order valence-electron chi connectivity index (χ4n) is 3.24. The normalized spacial score (nSPS) is 16.6. The first kappa shape index (κ1) is 21.1. The molecule has 1 N–H and O–H groups in total. The largest absolute Gasteiger partial charge is 0.393 e. The molecular weight excluding hydrogens is 381 g/mol. The number of halogens is 3. The molecule has 1 saturated heterocycles. The number of hydrogen-bond acceptors (Lipinski definition) is 4. The molecule has 0 aromatic carbocycles. The predicted molar refractivity (Wildman–Crippen MR) is 108 cm³/mol. The molecule has 29 heavy (non-hydrogen) atoms. The van der Waals surface area contributed by atoms with Crippen molar-refractivity contribution in [3.8, 4) is 0 Å². The highest BCUT2D eigenvalue weighted by Gasteiger charge is 2.27. The summed E-state index contributed by atoms with van der Waals surface area (Å²) >= 11 is 0. The Morgan fingerprint density at radius 1 is 1.38 bits per heavy atom. The van der Waals surface area contributed by atoms with Crippen molar-refractivity contribution in [2.75, 3.05) is 18.5 Å². The number of hydrogen-bond donors (Lipinski definition) is 1. The Hall–Kier alpha value is -2.61. The van der Waals surface area contributed by atoms with Crippen LogP contribution in [0.25, 0.3) is 11.2 Å². The van der Waals surface area contributed by atoms with Gasteiger partial charge < -0.3 is 10.1 Å². The standard InChI is InChI=1S/C21H25F3N4O/c1-3-16(6-4-5-15(2)13-21(22,23)24)18-14-25-28-10-7-19(27-20(18)28)26-17-8-11-29-12-9-17/h4-7,10,14,17H,2-3,8-9,11-13H2,1H3,(H,26,27)/b5-4-,16-6+. The second-order valence-electron chi connectivity index (χ2n) is 7.02. The molecule has 1 aliphatic heterocycles. The van der Waals surface area contributed by atoms with Crippen LogP contribution in [-0.2, 0) is 4.74 Å². The number of alkyl halides is 3. The van der Waals surface area contributed by atoms with Crippen molar-refractivity contribution in [1.29, 1.82) is 0 Å². The molecule has 0 atom stereocenters. The molecule has 0 bridgehead atoms. The van der Waals surface area contributed by atoms with Gasteiger partial charge in [-0.15, -0.1) is 0 Å². The van der Waals surface area contributed by atoms with Gasteiger partial charge in [0.25, 0.3) is 0 Å². The fourth-order valence-corrected chi connectivity index (χ4v) is 3.24. The van der Waals surface area contributed by atoms with Crippen LogP contribution in [0.2, 0.25) is 0 Å². The Morgan fingerprint density at radius 3 is 2.83 bits per heavy atom. The molecule has 0 unspecified atom stereocenters. The van der Waals surface area contributed by atoms with Crippen LogP contribution >= 0.6 is 0 Å². The fraction of sp³-hybridized carbons (Fsp3) is 0.429. The van der Waals surface area contributed by atoms with Gasteiger partial charge in [0.15, 0.2) is 5.65 Å². The predicted octanol–water partition coefficient (Wildman–Crippen LogP) is 5.18. The molecule has 1 fully saturated rings. The number of nitrogens with zero attached hydrogens (tertiary/aromatic N) is 3. The maximum atomic E-state index is 12.4. The Kier molecular flexibility index (Phi) is 6.74. The Morgan fingerprint density at radius 2 is 2.14 bits per heavy atom. The molecule has 5 nitrogen and oxygen atoms in total. The molecule has 3 heterocycles. The van der Waals surface area contributed by atoms with Crippen molar-refractivity contribution in [3.63, 3.8) is 0 Å². The van der Waals surface area contributed by atoms with Gasteiger partial charge >= 0.3 is 6.18 Å². The molecule has 0 saturated carbocycles. The molecule has 0 aliphatic carbocycles. The maximum Gasteiger partial charge on any atom is 0.393 e. The first-order valence-electron chi connectivity index (χ1n) is 9.66. The summed E-state index contributed by atoms with van der Waals surface area (Å²) in [5.41, 5.74) is 2.52. The molecule has 3 rings (SSSR count). The number of allylic oxidation sites excluding steroid dienone is 5. The monoisotopic (exact) mass is 406 g/mol. The van der Waals surface area contributed by atoms with E-state index in [1.54, 1.807) is 22.9 Å². The lowest BCUT2D eigenvalue weighted by molar-refractivity contribution is -0.126. The zero-order chi connectivity index (χ0) is 20.9. The molecule has 2 aromatic heterocycles. The SMILES string of the molecule is C=C(/C=C\C=C(/CC)c1cnn2ccc(NC3CCOCC3)nc12)CC(F)(F)F. The smallest absolute Gasteiger partial charge is 0.381 e. The van der Waals surface area contributed by atoms with Crippen molar-refractivity contribution in [2.24, 2.45) is 0 Å². The molecule has 156 valence electrons. The van der Waals surface area contributed by atoms with E-state index < -0.39 is 12.6 Å². The first-order valence-corrected chi connectivity index (χ1v) is 9.66. The van der Waals surface area contributed by atoms with Crippen LogP contribution in [0.4, 0.5) is 19.0 Å². The van der Waals surface area contributed by atoms with Gasteiger partial charge in [-0.2, -0.15) is 18.3 Å². The van der Waals surface area contributed by atoms with Crippen molar-refractivity contribution in [2.45, 2.75) is 44.8 Å². The Balaban J connectivity index is 1.79. The third-order valence-electron chi connectivity index (χ3n) is 4.73. The molecular formula is C21H25F3N4O. The highest BCUT2D eigenvalue weighted by Crippen LogP contribution is 2.26. The van der Waals surface area contributed by atoms with E-state index in [4.69, 9.17) is 9.72 Å². The molecule has 8 heteroatoms. The van der Waals surface area contributed by atoms with Crippen LogP contribution in [0, 0.1) is 0 Å². The molecule has 0 amide bonds. The number of nitrogens with one attached hydrogen (secondary N) is 1. The highest BCUT2D eigenvalue weighted by molar-refractivity contribution is 5.77. The lowest BCUT2D eigenvalue weighted by Crippen LogP contribution is -2.28. The summed E-state index contributed by atoms with van der Waals surface area (Å²) in [6.45, 7) is 6.93. The van der Waals surface area contributed by atoms with E-state index in [1.165, 1.54) is 6.08 Å². The summed E-state index contributed by atoms with van der Waals surface area (Å²) in [5, 5.41) is 7.79. The average molecular weight is 406 g/mol. The lowest BCUT2D eigenvalue weighted by Gasteiger charge is -2.23. The van der Waals surface area contributed by atoms with Crippen LogP contribution < -0.4 is 5.32 Å². The first-order chi connectivity index (χ1) is 13.9. The summed E-state index contributed by atoms with van der Waals surface area (Å²) in [4.78, 5) is 4.71. The van der Waals surface area contributed by atoms with Crippen LogP contribution in [0.1, 0.15) is 38.2 Å². The van der Waals surface area contributed by atoms with E-state index >= 15 is 0 Å². The molecule has 2 aromatic rings. The molecule has 1 aliphatic rings. The number of fused-ring (bicyclic) bond motifs is 1. The van der Waals surface area contributed by atoms with Crippen LogP contribution in [0.15, 0.2) is 48.8 Å². The van der Waals surface area contributed by atoms with Crippen LogP contribution in [0.3, 0.4) is 0 Å². The summed E-state index contributed by atoms with van der Waals surface area (Å²) in [6.07, 6.45) is 5.65. The van der Waals surface area contributed by atoms with Gasteiger partial charge in [-0.3, -0.25) is 0 Å². The molecule has 0 spiro atoms. The number of rotatable bonds is 7. The van der Waals surface area contributed by atoms with Crippen molar-refractivity contribution in [1.82, 2.24) is 14.6 Å². The minimum atomic E-state index is -4.25. The van der Waals surface area contributed by atoms with E-state index in [-0.39, 0.29) is 5.57 Å². The quantitative estimate of drug-likeness (QED) is 0.644. The summed E-state index contributed by atoms with van der Waals surface area (Å²) in [7, 11) is 0. The van der Waals surface area contributed by atoms with Gasteiger partial charge in [-0.05, 0) is 36.5 Å². The number of anilines is 1. The maximum absolute atomic E-state index is 12.4. The van der Waals surface area contributed by atoms with E-state index in [9.17, 15) is 13.2 Å². The Labute approximate surface area is 168 Å². The second-order valence-corrected chi connectivity index (χ2v) is 7.02. The Bertz CT molecular complexity index is 908. The zero-order valence-electron chi connectivity index (χ0n) is 16.4. The van der Waals surface area contributed by atoms with Gasteiger partial charge in [-0.1, -0.05) is 31.7 Å². The second kappa shape index (κ2) is 9.26. The topological polar surface area (TPSA) is 51.5 Å². The van der Waals surface area contributed by atoms with Crippen LogP contribution in [-0.4, -0.2) is 40.0 Å². The van der Waals surface area contributed by atoms with E-state index in [2.05, 4.69) is 17.0 Å². The van der Waals surface area contributed by atoms with Gasteiger partial charge in [0, 0.05) is 31.0 Å². The molecule has 0 radical (unpaired) electrons. The zero-order valence-corrected chi connectivity index (χ0v) is 16.4. The summed E-state index contributed by atoms with van der Waals surface area (Å²) in [6, 6.07) is 2.21. The van der Waals surface area contributed by atoms with Gasteiger partial charge in [0.05, 0.1) is 12.6 Å². The average Bonchev–Trinajstić information content (AvgIpc) is 3.08. The van der Waals surface area contributed by atoms with Crippen molar-refractivity contribution in [3.05, 3.63) is 54.4 Å². The highest BCUT2D eigenvalue weighted by atomic mass is 19.4. The minimum Gasteiger partial charge on any atom is -0.381 e. The van der Waals surface area contributed by atoms with E-state index in [1.807, 2.05) is 19.2 Å². The van der Waals surface area contributed by atoms with E-state index in [0.717, 1.165) is 43.0 Å². The summed E-state index contributed by atoms with van der Waals surface area (Å²) < 4.78 is 44.3. The van der Waals surface area contributed by atoms with E-state index in [0.29, 0.717) is 18.1 Å². The third kappa shape index (κ3) is 5.93. The lowest BCUT2D eigenvalue weighted by atomic mass is 10.1. The van der Waals surface area contributed by atoms with Gasteiger partial charge in [0.1, 0.15) is 5.82 Å².